The van der Waals surface area contributed by atoms with Crippen LogP contribution in [0.4, 0.5) is 0 Å². The monoisotopic (exact) mass is 227 g/mol. The van der Waals surface area contributed by atoms with Crippen LogP contribution < -0.4 is 5.73 Å². The SMILES string of the molecule is CCC1(OC(=O)C(C)(N)CC)CCCCC1. The van der Waals surface area contributed by atoms with Gasteiger partial charge in [-0.3, -0.25) is 4.79 Å². The maximum atomic E-state index is 12.0. The number of carbonyl (C=O) groups is 1. The zero-order valence-electron chi connectivity index (χ0n) is 10.8. The second-order valence-electron chi connectivity index (χ2n) is 5.26. The minimum atomic E-state index is -0.834. The van der Waals surface area contributed by atoms with Gasteiger partial charge < -0.3 is 10.5 Å². The van der Waals surface area contributed by atoms with Gasteiger partial charge in [-0.15, -0.1) is 0 Å². The van der Waals surface area contributed by atoms with Crippen LogP contribution in [0.5, 0.6) is 0 Å². The van der Waals surface area contributed by atoms with E-state index in [1.165, 1.54) is 6.42 Å². The van der Waals surface area contributed by atoms with Crippen molar-refractivity contribution in [2.24, 2.45) is 5.73 Å². The highest BCUT2D eigenvalue weighted by Crippen LogP contribution is 2.35. The predicted octanol–water partition coefficient (Wildman–Crippen LogP) is 2.77. The third-order valence-electron chi connectivity index (χ3n) is 3.92. The van der Waals surface area contributed by atoms with Crippen LogP contribution in [0.2, 0.25) is 0 Å². The molecule has 2 N–H and O–H groups in total. The fourth-order valence-corrected chi connectivity index (χ4v) is 2.18. The Morgan fingerprint density at radius 1 is 1.31 bits per heavy atom. The Labute approximate surface area is 98.7 Å². The van der Waals surface area contributed by atoms with E-state index in [1.54, 1.807) is 6.92 Å². The minimum Gasteiger partial charge on any atom is -0.458 e. The molecule has 0 aromatic heterocycles. The molecule has 3 heteroatoms. The predicted molar refractivity (Wildman–Crippen MR) is 65.1 cm³/mol. The van der Waals surface area contributed by atoms with E-state index in [2.05, 4.69) is 6.92 Å². The van der Waals surface area contributed by atoms with Crippen molar-refractivity contribution in [1.29, 1.82) is 0 Å². The van der Waals surface area contributed by atoms with E-state index >= 15 is 0 Å². The molecule has 1 aliphatic rings. The van der Waals surface area contributed by atoms with E-state index in [9.17, 15) is 4.79 Å². The van der Waals surface area contributed by atoms with Gasteiger partial charge in [0.1, 0.15) is 11.1 Å². The van der Waals surface area contributed by atoms with Gasteiger partial charge in [-0.2, -0.15) is 0 Å². The highest BCUT2D eigenvalue weighted by Gasteiger charge is 2.38. The molecule has 16 heavy (non-hydrogen) atoms. The van der Waals surface area contributed by atoms with Crippen molar-refractivity contribution in [2.75, 3.05) is 0 Å². The normalized spacial score (nSPS) is 23.5. The summed E-state index contributed by atoms with van der Waals surface area (Å²) in [6.07, 6.45) is 7.09. The molecule has 1 atom stereocenters. The largest absolute Gasteiger partial charge is 0.458 e. The van der Waals surface area contributed by atoms with Crippen molar-refractivity contribution in [1.82, 2.24) is 0 Å². The van der Waals surface area contributed by atoms with Crippen LogP contribution in [0.25, 0.3) is 0 Å². The van der Waals surface area contributed by atoms with Gasteiger partial charge in [0, 0.05) is 0 Å². The molecular weight excluding hydrogens is 202 g/mol. The third kappa shape index (κ3) is 2.97. The molecule has 0 spiro atoms. The van der Waals surface area contributed by atoms with Crippen molar-refractivity contribution in [3.63, 3.8) is 0 Å². The molecule has 1 rings (SSSR count). The first-order chi connectivity index (χ1) is 7.46. The molecule has 0 amide bonds. The second kappa shape index (κ2) is 5.17. The Morgan fingerprint density at radius 2 is 1.88 bits per heavy atom. The van der Waals surface area contributed by atoms with Crippen LogP contribution in [0.1, 0.15) is 65.7 Å². The smallest absolute Gasteiger partial charge is 0.326 e. The van der Waals surface area contributed by atoms with E-state index in [4.69, 9.17) is 10.5 Å². The fourth-order valence-electron chi connectivity index (χ4n) is 2.18. The van der Waals surface area contributed by atoms with Crippen LogP contribution in [0.15, 0.2) is 0 Å². The van der Waals surface area contributed by atoms with Gasteiger partial charge in [0.05, 0.1) is 0 Å². The summed E-state index contributed by atoms with van der Waals surface area (Å²) >= 11 is 0. The van der Waals surface area contributed by atoms with E-state index in [0.717, 1.165) is 32.1 Å². The standard InChI is InChI=1S/C13H25NO2/c1-4-12(3,14)11(15)16-13(5-2)9-7-6-8-10-13/h4-10,14H2,1-3H3. The number of hydrogen-bond acceptors (Lipinski definition) is 3. The molecule has 1 fully saturated rings. The van der Waals surface area contributed by atoms with E-state index in [0.29, 0.717) is 6.42 Å². The third-order valence-corrected chi connectivity index (χ3v) is 3.92. The lowest BCUT2D eigenvalue weighted by Crippen LogP contribution is -2.50. The van der Waals surface area contributed by atoms with Crippen molar-refractivity contribution < 1.29 is 9.53 Å². The quantitative estimate of drug-likeness (QED) is 0.751. The summed E-state index contributed by atoms with van der Waals surface area (Å²) in [5, 5.41) is 0. The Morgan fingerprint density at radius 3 is 2.31 bits per heavy atom. The Hall–Kier alpha value is -0.570. The van der Waals surface area contributed by atoms with Gasteiger partial charge in [-0.05, 0) is 45.4 Å². The minimum absolute atomic E-state index is 0.231. The fraction of sp³-hybridized carbons (Fsp3) is 0.923. The number of nitrogens with two attached hydrogens (primary N) is 1. The Kier molecular flexibility index (Phi) is 4.36. The van der Waals surface area contributed by atoms with Crippen LogP contribution in [0.3, 0.4) is 0 Å². The summed E-state index contributed by atoms with van der Waals surface area (Å²) in [4.78, 5) is 12.0. The van der Waals surface area contributed by atoms with Crippen LogP contribution in [0, 0.1) is 0 Å². The average molecular weight is 227 g/mol. The summed E-state index contributed by atoms with van der Waals surface area (Å²) in [5.41, 5.74) is 4.85. The maximum absolute atomic E-state index is 12.0. The lowest BCUT2D eigenvalue weighted by molar-refractivity contribution is -0.170. The first-order valence-corrected chi connectivity index (χ1v) is 6.48. The molecule has 0 radical (unpaired) electrons. The maximum Gasteiger partial charge on any atom is 0.326 e. The van der Waals surface area contributed by atoms with Gasteiger partial charge in [0.25, 0.3) is 0 Å². The van der Waals surface area contributed by atoms with Crippen LogP contribution >= 0.6 is 0 Å². The summed E-state index contributed by atoms with van der Waals surface area (Å²) in [6.45, 7) is 5.76. The molecule has 94 valence electrons. The lowest BCUT2D eigenvalue weighted by Gasteiger charge is -2.38. The summed E-state index contributed by atoms with van der Waals surface area (Å²) in [6, 6.07) is 0. The molecule has 1 saturated carbocycles. The van der Waals surface area contributed by atoms with Crippen molar-refractivity contribution in [3.05, 3.63) is 0 Å². The summed E-state index contributed by atoms with van der Waals surface area (Å²) < 4.78 is 5.72. The van der Waals surface area contributed by atoms with Gasteiger partial charge >= 0.3 is 5.97 Å². The van der Waals surface area contributed by atoms with Gasteiger partial charge in [0.2, 0.25) is 0 Å². The van der Waals surface area contributed by atoms with Crippen molar-refractivity contribution in [3.8, 4) is 0 Å². The van der Waals surface area contributed by atoms with E-state index < -0.39 is 5.54 Å². The second-order valence-corrected chi connectivity index (χ2v) is 5.26. The number of rotatable bonds is 4. The average Bonchev–Trinajstić information content (AvgIpc) is 2.30. The molecule has 0 saturated heterocycles. The topological polar surface area (TPSA) is 52.3 Å². The zero-order valence-corrected chi connectivity index (χ0v) is 10.8. The molecule has 0 heterocycles. The number of esters is 1. The summed E-state index contributed by atoms with van der Waals surface area (Å²) in [7, 11) is 0. The number of ether oxygens (including phenoxy) is 1. The van der Waals surface area contributed by atoms with Crippen molar-refractivity contribution >= 4 is 5.97 Å². The Bertz CT molecular complexity index is 242. The molecule has 0 aromatic carbocycles. The first-order valence-electron chi connectivity index (χ1n) is 6.48. The van der Waals surface area contributed by atoms with E-state index in [-0.39, 0.29) is 11.6 Å². The van der Waals surface area contributed by atoms with Crippen molar-refractivity contribution in [2.45, 2.75) is 76.9 Å². The van der Waals surface area contributed by atoms with Crippen LogP contribution in [-0.2, 0) is 9.53 Å². The molecule has 1 aliphatic carbocycles. The van der Waals surface area contributed by atoms with Gasteiger partial charge in [-0.1, -0.05) is 20.3 Å². The first kappa shape index (κ1) is 13.5. The molecule has 1 unspecified atom stereocenters. The van der Waals surface area contributed by atoms with Gasteiger partial charge in [0.15, 0.2) is 0 Å². The highest BCUT2D eigenvalue weighted by atomic mass is 16.6. The van der Waals surface area contributed by atoms with Crippen LogP contribution in [-0.4, -0.2) is 17.1 Å². The Balaban J connectivity index is 2.66. The number of hydrogen-bond donors (Lipinski definition) is 1. The lowest BCUT2D eigenvalue weighted by atomic mass is 9.82. The zero-order chi connectivity index (χ0) is 12.2. The summed E-state index contributed by atoms with van der Waals surface area (Å²) in [5.74, 6) is -0.237. The highest BCUT2D eigenvalue weighted by molar-refractivity contribution is 5.80. The molecular formula is C13H25NO2. The molecule has 0 bridgehead atoms. The molecule has 0 aromatic rings. The van der Waals surface area contributed by atoms with E-state index in [1.807, 2.05) is 6.92 Å². The number of carbonyl (C=O) groups excluding carboxylic acids is 1. The molecule has 0 aliphatic heterocycles. The van der Waals surface area contributed by atoms with Gasteiger partial charge in [-0.25, -0.2) is 0 Å². The molecule has 3 nitrogen and oxygen atoms in total.